The Morgan fingerprint density at radius 1 is 1.16 bits per heavy atom. The van der Waals surface area contributed by atoms with Gasteiger partial charge in [-0.05, 0) is 36.8 Å². The molecule has 0 spiro atoms. The lowest BCUT2D eigenvalue weighted by Gasteiger charge is -2.15. The maximum Gasteiger partial charge on any atom is 0.416 e. The quantitative estimate of drug-likeness (QED) is 0.379. The first-order valence-electron chi connectivity index (χ1n) is 9.15. The van der Waals surface area contributed by atoms with E-state index in [0.717, 1.165) is 24.3 Å². The minimum atomic E-state index is -4.80. The molecule has 174 valence electrons. The first-order valence-corrected chi connectivity index (χ1v) is 10.8. The van der Waals surface area contributed by atoms with Crippen molar-refractivity contribution in [3.8, 4) is 0 Å². The van der Waals surface area contributed by atoms with Crippen LogP contribution in [0.1, 0.15) is 25.2 Å². The second-order valence-corrected chi connectivity index (χ2v) is 9.05. The molecule has 0 saturated heterocycles. The first-order chi connectivity index (χ1) is 14.5. The number of hydrogen-bond donors (Lipinski definition) is 0. The maximum absolute atomic E-state index is 13.1. The Bertz CT molecular complexity index is 1250. The predicted octanol–water partition coefficient (Wildman–Crippen LogP) is 5.99. The summed E-state index contributed by atoms with van der Waals surface area (Å²) >= 11 is 0. The second-order valence-electron chi connectivity index (χ2n) is 6.81. The van der Waals surface area contributed by atoms with Crippen LogP contribution in [0.25, 0.3) is 16.6 Å². The summed E-state index contributed by atoms with van der Waals surface area (Å²) in [5, 5.41) is 0. The highest BCUT2D eigenvalue weighted by Gasteiger charge is 2.35. The van der Waals surface area contributed by atoms with Crippen LogP contribution in [-0.4, -0.2) is 29.9 Å². The lowest BCUT2D eigenvalue weighted by atomic mass is 10.1. The summed E-state index contributed by atoms with van der Waals surface area (Å²) in [6, 6.07) is 2.82. The number of sulfone groups is 1. The molecule has 0 bridgehead atoms. The van der Waals surface area contributed by atoms with Crippen molar-refractivity contribution < 1.29 is 34.8 Å². The van der Waals surface area contributed by atoms with Gasteiger partial charge in [-0.1, -0.05) is 26.2 Å². The van der Waals surface area contributed by atoms with Gasteiger partial charge in [-0.15, -0.1) is 0 Å². The van der Waals surface area contributed by atoms with Gasteiger partial charge in [0.25, 0.3) is 0 Å². The van der Waals surface area contributed by atoms with E-state index in [4.69, 9.17) is 0 Å². The largest absolute Gasteiger partial charge is 0.416 e. The molecule has 4 nitrogen and oxygen atoms in total. The molecular weight excluding hydrogens is 458 g/mol. The third kappa shape index (κ3) is 4.98. The average Bonchev–Trinajstić information content (AvgIpc) is 3.02. The van der Waals surface area contributed by atoms with Gasteiger partial charge >= 0.3 is 12.4 Å². The standard InChI is InChI=1S/C21H20F6N2O2S/c1-6-14(13(4)20(22,23)24)10-18(32(30,31)7-2)12(3)19-28-16-11-15(21(25,26)27)8-9-17(16)29(19)5/h6,8-11H,3-4,7H2,1-2,5H3/b14-6+,18-10+. The fourth-order valence-electron chi connectivity index (χ4n) is 2.93. The summed E-state index contributed by atoms with van der Waals surface area (Å²) < 4.78 is 105. The number of rotatable bonds is 6. The molecule has 32 heavy (non-hydrogen) atoms. The van der Waals surface area contributed by atoms with Crippen molar-refractivity contribution in [1.82, 2.24) is 9.55 Å². The summed E-state index contributed by atoms with van der Waals surface area (Å²) in [7, 11) is -2.66. The van der Waals surface area contributed by atoms with Gasteiger partial charge in [-0.25, -0.2) is 13.4 Å². The first kappa shape index (κ1) is 25.4. The Labute approximate surface area is 181 Å². The molecule has 0 unspecified atom stereocenters. The predicted molar refractivity (Wildman–Crippen MR) is 111 cm³/mol. The minimum absolute atomic E-state index is 0.0716. The van der Waals surface area contributed by atoms with Gasteiger partial charge in [0, 0.05) is 12.6 Å². The van der Waals surface area contributed by atoms with Gasteiger partial charge in [0.2, 0.25) is 0 Å². The number of aromatic nitrogens is 2. The Morgan fingerprint density at radius 3 is 2.22 bits per heavy atom. The van der Waals surface area contributed by atoms with Gasteiger partial charge in [-0.2, -0.15) is 26.3 Å². The molecule has 1 aromatic heterocycles. The van der Waals surface area contributed by atoms with Crippen molar-refractivity contribution in [2.45, 2.75) is 26.2 Å². The van der Waals surface area contributed by atoms with E-state index < -0.39 is 49.6 Å². The Morgan fingerprint density at radius 2 is 1.75 bits per heavy atom. The van der Waals surface area contributed by atoms with E-state index in [1.54, 1.807) is 0 Å². The Kier molecular flexibility index (Phi) is 6.84. The summed E-state index contributed by atoms with van der Waals surface area (Å²) in [5.74, 6) is -0.550. The third-order valence-corrected chi connectivity index (χ3v) is 6.57. The fraction of sp³-hybridized carbons (Fsp3) is 0.286. The number of aryl methyl sites for hydroxylation is 1. The van der Waals surface area contributed by atoms with Gasteiger partial charge in [0.1, 0.15) is 5.82 Å². The summed E-state index contributed by atoms with van der Waals surface area (Å²) in [4.78, 5) is 3.54. The van der Waals surface area contributed by atoms with Crippen LogP contribution < -0.4 is 0 Å². The Hall–Kier alpha value is -2.82. The molecule has 0 radical (unpaired) electrons. The number of alkyl halides is 6. The van der Waals surface area contributed by atoms with Crippen molar-refractivity contribution >= 4 is 26.4 Å². The highest BCUT2D eigenvalue weighted by molar-refractivity contribution is 7.95. The molecule has 0 aliphatic rings. The van der Waals surface area contributed by atoms with Crippen LogP contribution in [0.2, 0.25) is 0 Å². The number of hydrogen-bond acceptors (Lipinski definition) is 3. The normalized spacial score (nSPS) is 14.2. The van der Waals surface area contributed by atoms with Crippen LogP contribution >= 0.6 is 0 Å². The zero-order valence-corrected chi connectivity index (χ0v) is 18.2. The van der Waals surface area contributed by atoms with Crippen LogP contribution in [0.15, 0.2) is 59.6 Å². The number of benzene rings is 1. The van der Waals surface area contributed by atoms with Gasteiger partial charge in [0.15, 0.2) is 9.84 Å². The average molecular weight is 478 g/mol. The number of imidazole rings is 1. The Balaban J connectivity index is 2.72. The van der Waals surface area contributed by atoms with E-state index in [1.165, 1.54) is 31.5 Å². The van der Waals surface area contributed by atoms with Crippen LogP contribution in [-0.2, 0) is 23.1 Å². The number of nitrogens with zero attached hydrogens (tertiary/aromatic N) is 2. The molecule has 0 aliphatic carbocycles. The fourth-order valence-corrected chi connectivity index (χ4v) is 4.01. The molecule has 0 atom stereocenters. The SMILES string of the molecule is C=C(/C(=C\C(=C/C)C(=C)C(F)(F)F)S(=O)(=O)CC)c1nc2cc(C(F)(F)F)ccc2n1C. The topological polar surface area (TPSA) is 52.0 Å². The highest BCUT2D eigenvalue weighted by atomic mass is 32.2. The lowest BCUT2D eigenvalue weighted by Crippen LogP contribution is -2.14. The molecule has 2 aromatic rings. The molecule has 0 saturated carbocycles. The van der Waals surface area contributed by atoms with Crippen molar-refractivity contribution in [3.05, 3.63) is 70.9 Å². The van der Waals surface area contributed by atoms with E-state index >= 15 is 0 Å². The summed E-state index contributed by atoms with van der Waals surface area (Å²) in [6.45, 7) is 9.26. The molecule has 0 N–H and O–H groups in total. The van der Waals surface area contributed by atoms with Crippen molar-refractivity contribution in [3.63, 3.8) is 0 Å². The summed E-state index contributed by atoms with van der Waals surface area (Å²) in [5.41, 5.74) is -2.76. The lowest BCUT2D eigenvalue weighted by molar-refractivity contribution is -0.137. The molecule has 1 aromatic carbocycles. The summed E-state index contributed by atoms with van der Waals surface area (Å²) in [6.07, 6.45) is -7.55. The van der Waals surface area contributed by atoms with Crippen LogP contribution in [0.5, 0.6) is 0 Å². The highest BCUT2D eigenvalue weighted by Crippen LogP contribution is 2.36. The monoisotopic (exact) mass is 478 g/mol. The molecule has 11 heteroatoms. The van der Waals surface area contributed by atoms with Crippen LogP contribution in [0, 0.1) is 0 Å². The van der Waals surface area contributed by atoms with E-state index in [9.17, 15) is 34.8 Å². The molecule has 0 aliphatic heterocycles. The van der Waals surface area contributed by atoms with Crippen LogP contribution in [0.3, 0.4) is 0 Å². The van der Waals surface area contributed by atoms with Gasteiger partial charge < -0.3 is 4.57 Å². The van der Waals surface area contributed by atoms with Crippen molar-refractivity contribution in [1.29, 1.82) is 0 Å². The molecule has 0 amide bonds. The minimum Gasteiger partial charge on any atom is -0.327 e. The van der Waals surface area contributed by atoms with E-state index in [1.807, 2.05) is 0 Å². The number of halogens is 6. The van der Waals surface area contributed by atoms with E-state index in [0.29, 0.717) is 0 Å². The molecule has 2 rings (SSSR count). The second kappa shape index (κ2) is 8.61. The van der Waals surface area contributed by atoms with Crippen LogP contribution in [0.4, 0.5) is 26.3 Å². The van der Waals surface area contributed by atoms with Gasteiger partial charge in [0.05, 0.1) is 32.8 Å². The number of fused-ring (bicyclic) bond motifs is 1. The smallest absolute Gasteiger partial charge is 0.327 e. The molecular formula is C21H20F6N2O2S. The van der Waals surface area contributed by atoms with Gasteiger partial charge in [-0.3, -0.25) is 0 Å². The zero-order valence-electron chi connectivity index (χ0n) is 17.4. The third-order valence-electron chi connectivity index (χ3n) is 4.78. The number of allylic oxidation sites excluding steroid dienone is 5. The van der Waals surface area contributed by atoms with E-state index in [-0.39, 0.29) is 22.4 Å². The van der Waals surface area contributed by atoms with Crippen molar-refractivity contribution in [2.75, 3.05) is 5.75 Å². The van der Waals surface area contributed by atoms with Crippen molar-refractivity contribution in [2.24, 2.45) is 7.05 Å². The zero-order chi connectivity index (χ0) is 24.6. The molecule has 1 heterocycles. The molecule has 0 fully saturated rings. The van der Waals surface area contributed by atoms with E-state index in [2.05, 4.69) is 18.1 Å². The maximum atomic E-state index is 13.1.